The molecule has 0 aliphatic carbocycles. The molecule has 10 heteroatoms. The molecule has 1 saturated heterocycles. The second kappa shape index (κ2) is 10.2. The molecule has 1 amide bonds. The van der Waals surface area contributed by atoms with Crippen molar-refractivity contribution in [3.63, 3.8) is 0 Å². The molecule has 3 aromatic rings. The van der Waals surface area contributed by atoms with Crippen LogP contribution in [0.3, 0.4) is 0 Å². The molecule has 0 radical (unpaired) electrons. The van der Waals surface area contributed by atoms with Crippen LogP contribution in [0.1, 0.15) is 26.6 Å². The highest BCUT2D eigenvalue weighted by molar-refractivity contribution is 7.17. The van der Waals surface area contributed by atoms with Crippen LogP contribution in [0.2, 0.25) is 0 Å². The van der Waals surface area contributed by atoms with Crippen LogP contribution in [0.4, 0.5) is 22.5 Å². The Balaban J connectivity index is 1.43. The van der Waals surface area contributed by atoms with E-state index in [1.54, 1.807) is 6.20 Å². The number of aromatic nitrogens is 3. The first-order chi connectivity index (χ1) is 15.9. The smallest absolute Gasteiger partial charge is 0.267 e. The van der Waals surface area contributed by atoms with Crippen LogP contribution in [-0.2, 0) is 0 Å². The zero-order chi connectivity index (χ0) is 23.4. The Morgan fingerprint density at radius 1 is 1.09 bits per heavy atom. The van der Waals surface area contributed by atoms with E-state index in [1.807, 2.05) is 52.1 Å². The molecule has 0 atom stereocenters. The third-order valence-corrected chi connectivity index (χ3v) is 6.50. The molecule has 0 unspecified atom stereocenters. The maximum absolute atomic E-state index is 12.8. The number of anilines is 4. The van der Waals surface area contributed by atoms with Gasteiger partial charge in [-0.15, -0.1) is 0 Å². The summed E-state index contributed by atoms with van der Waals surface area (Å²) in [7, 11) is 1.97. The number of hydrogen-bond donors (Lipinski definition) is 3. The predicted octanol–water partition coefficient (Wildman–Crippen LogP) is 3.15. The van der Waals surface area contributed by atoms with E-state index in [2.05, 4.69) is 40.7 Å². The lowest BCUT2D eigenvalue weighted by atomic mass is 10.1. The summed E-state index contributed by atoms with van der Waals surface area (Å²) in [4.78, 5) is 31.5. The summed E-state index contributed by atoms with van der Waals surface area (Å²) in [5, 5.41) is 10.1. The fraction of sp³-hybridized carbons (Fsp3) is 0.391. The third-order valence-electron chi connectivity index (χ3n) is 5.59. The molecule has 4 rings (SSSR count). The minimum Gasteiger partial charge on any atom is -0.354 e. The molecule has 1 fully saturated rings. The minimum atomic E-state index is -0.169. The second-order valence-corrected chi connectivity index (χ2v) is 9.18. The van der Waals surface area contributed by atoms with E-state index in [0.29, 0.717) is 21.7 Å². The van der Waals surface area contributed by atoms with Crippen molar-refractivity contribution in [2.75, 3.05) is 55.4 Å². The summed E-state index contributed by atoms with van der Waals surface area (Å²) >= 11 is 1.30. The van der Waals surface area contributed by atoms with Gasteiger partial charge in [0.25, 0.3) is 5.91 Å². The van der Waals surface area contributed by atoms with Gasteiger partial charge in [-0.05, 0) is 38.9 Å². The number of aryl methyl sites for hydroxylation is 3. The molecular formula is C23H30N8OS. The van der Waals surface area contributed by atoms with E-state index in [-0.39, 0.29) is 5.91 Å². The molecule has 0 bridgehead atoms. The summed E-state index contributed by atoms with van der Waals surface area (Å²) in [6.45, 7) is 10.5. The standard InChI is InChI=1S/C23H30N8OS/c1-15-6-5-7-16(2)21(15)29-22(32)18-13-25-23(33-18)28-19-12-20(27-17(3)26-19)31-10-8-30(9-11-31)14-24-4/h5-7,12-13,24H,8-11,14H2,1-4H3,(H,29,32)(H,25,26,27,28). The van der Waals surface area contributed by atoms with Crippen LogP contribution in [0.5, 0.6) is 0 Å². The first kappa shape index (κ1) is 23.1. The Bertz CT molecular complexity index is 1100. The third kappa shape index (κ3) is 5.65. The predicted molar refractivity (Wildman–Crippen MR) is 134 cm³/mol. The highest BCUT2D eigenvalue weighted by atomic mass is 32.1. The number of benzene rings is 1. The average Bonchev–Trinajstić information content (AvgIpc) is 3.25. The monoisotopic (exact) mass is 466 g/mol. The van der Waals surface area contributed by atoms with Crippen molar-refractivity contribution in [3.8, 4) is 0 Å². The quantitative estimate of drug-likeness (QED) is 0.489. The number of nitrogens with one attached hydrogen (secondary N) is 3. The minimum absolute atomic E-state index is 0.169. The second-order valence-electron chi connectivity index (χ2n) is 8.15. The Labute approximate surface area is 198 Å². The summed E-state index contributed by atoms with van der Waals surface area (Å²) in [6.07, 6.45) is 1.59. The van der Waals surface area contributed by atoms with Crippen LogP contribution < -0.4 is 20.9 Å². The lowest BCUT2D eigenvalue weighted by molar-refractivity contribution is 0.103. The summed E-state index contributed by atoms with van der Waals surface area (Å²) in [5.41, 5.74) is 2.90. The van der Waals surface area contributed by atoms with Crippen LogP contribution in [-0.4, -0.2) is 65.7 Å². The lowest BCUT2D eigenvalue weighted by Gasteiger charge is -2.35. The molecule has 0 saturated carbocycles. The number of para-hydroxylation sites is 1. The van der Waals surface area contributed by atoms with Gasteiger partial charge in [0.05, 0.1) is 6.20 Å². The van der Waals surface area contributed by atoms with Gasteiger partial charge in [-0.2, -0.15) is 0 Å². The van der Waals surface area contributed by atoms with Gasteiger partial charge >= 0.3 is 0 Å². The van der Waals surface area contributed by atoms with Crippen LogP contribution in [0, 0.1) is 20.8 Å². The average molecular weight is 467 g/mol. The molecule has 3 N–H and O–H groups in total. The van der Waals surface area contributed by atoms with E-state index in [0.717, 1.165) is 55.5 Å². The molecule has 33 heavy (non-hydrogen) atoms. The molecule has 174 valence electrons. The molecule has 2 aromatic heterocycles. The number of nitrogens with zero attached hydrogens (tertiary/aromatic N) is 5. The number of piperazine rings is 1. The topological polar surface area (TPSA) is 98.3 Å². The Morgan fingerprint density at radius 3 is 2.52 bits per heavy atom. The van der Waals surface area contributed by atoms with E-state index in [4.69, 9.17) is 0 Å². The number of carbonyl (C=O) groups is 1. The van der Waals surface area contributed by atoms with Crippen molar-refractivity contribution >= 4 is 39.7 Å². The normalized spacial score (nSPS) is 14.4. The number of thiazole rings is 1. The number of amides is 1. The van der Waals surface area contributed by atoms with Gasteiger partial charge in [-0.25, -0.2) is 15.0 Å². The molecule has 1 aliphatic rings. The van der Waals surface area contributed by atoms with Gasteiger partial charge < -0.3 is 20.9 Å². The highest BCUT2D eigenvalue weighted by Gasteiger charge is 2.19. The van der Waals surface area contributed by atoms with Crippen molar-refractivity contribution < 1.29 is 4.79 Å². The lowest BCUT2D eigenvalue weighted by Crippen LogP contribution is -2.49. The van der Waals surface area contributed by atoms with Crippen LogP contribution in [0.15, 0.2) is 30.5 Å². The number of carbonyl (C=O) groups excluding carboxylic acids is 1. The Morgan fingerprint density at radius 2 is 1.82 bits per heavy atom. The number of hydrogen-bond acceptors (Lipinski definition) is 9. The van der Waals surface area contributed by atoms with Crippen LogP contribution >= 0.6 is 11.3 Å². The van der Waals surface area contributed by atoms with Gasteiger partial charge in [0.15, 0.2) is 5.13 Å². The van der Waals surface area contributed by atoms with E-state index in [9.17, 15) is 4.79 Å². The van der Waals surface area contributed by atoms with E-state index >= 15 is 0 Å². The zero-order valence-corrected chi connectivity index (χ0v) is 20.3. The summed E-state index contributed by atoms with van der Waals surface area (Å²) < 4.78 is 0. The fourth-order valence-corrected chi connectivity index (χ4v) is 4.59. The Kier molecular flexibility index (Phi) is 7.17. The first-order valence-electron chi connectivity index (χ1n) is 11.0. The van der Waals surface area contributed by atoms with Crippen molar-refractivity contribution in [2.24, 2.45) is 0 Å². The summed E-state index contributed by atoms with van der Waals surface area (Å²) in [5.74, 6) is 2.10. The van der Waals surface area contributed by atoms with Gasteiger partial charge in [-0.1, -0.05) is 29.5 Å². The van der Waals surface area contributed by atoms with Crippen molar-refractivity contribution in [1.29, 1.82) is 0 Å². The Hall–Kier alpha value is -3.08. The van der Waals surface area contributed by atoms with Crippen LogP contribution in [0.25, 0.3) is 0 Å². The highest BCUT2D eigenvalue weighted by Crippen LogP contribution is 2.26. The fourth-order valence-electron chi connectivity index (χ4n) is 3.87. The van der Waals surface area contributed by atoms with Gasteiger partial charge in [-0.3, -0.25) is 9.69 Å². The first-order valence-corrected chi connectivity index (χ1v) is 11.8. The summed E-state index contributed by atoms with van der Waals surface area (Å²) in [6, 6.07) is 7.89. The molecule has 0 spiro atoms. The van der Waals surface area contributed by atoms with Gasteiger partial charge in [0.1, 0.15) is 22.3 Å². The van der Waals surface area contributed by atoms with E-state index in [1.165, 1.54) is 11.3 Å². The molecule has 9 nitrogen and oxygen atoms in total. The molecule has 3 heterocycles. The number of rotatable bonds is 7. The van der Waals surface area contributed by atoms with Gasteiger partial charge in [0.2, 0.25) is 0 Å². The van der Waals surface area contributed by atoms with Crippen molar-refractivity contribution in [1.82, 2.24) is 25.2 Å². The SMILES string of the molecule is CNCN1CCN(c2cc(Nc3ncc(C(=O)Nc4c(C)cccc4C)s3)nc(C)n2)CC1. The zero-order valence-electron chi connectivity index (χ0n) is 19.5. The van der Waals surface area contributed by atoms with E-state index < -0.39 is 0 Å². The molecule has 1 aliphatic heterocycles. The maximum atomic E-state index is 12.8. The van der Waals surface area contributed by atoms with Gasteiger partial charge in [0, 0.05) is 44.6 Å². The largest absolute Gasteiger partial charge is 0.354 e. The molecular weight excluding hydrogens is 436 g/mol. The molecule has 1 aromatic carbocycles. The van der Waals surface area contributed by atoms with Crippen molar-refractivity contribution in [3.05, 3.63) is 52.3 Å². The van der Waals surface area contributed by atoms with Crippen molar-refractivity contribution in [2.45, 2.75) is 20.8 Å². The maximum Gasteiger partial charge on any atom is 0.267 e.